The monoisotopic (exact) mass is 301 g/mol. The molecule has 1 aliphatic heterocycles. The van der Waals surface area contributed by atoms with E-state index in [1.54, 1.807) is 6.20 Å². The van der Waals surface area contributed by atoms with Gasteiger partial charge in [-0.3, -0.25) is 4.79 Å². The number of thiazole rings is 1. The summed E-state index contributed by atoms with van der Waals surface area (Å²) in [5.74, 6) is 0.0598. The van der Waals surface area contributed by atoms with Gasteiger partial charge in [-0.2, -0.15) is 0 Å². The molecular weight excluding hydrogens is 282 g/mol. The summed E-state index contributed by atoms with van der Waals surface area (Å²) >= 11 is 1.52. The zero-order chi connectivity index (χ0) is 14.7. The summed E-state index contributed by atoms with van der Waals surface area (Å²) in [6.07, 6.45) is 3.41. The Labute approximate surface area is 128 Å². The molecule has 0 unspecified atom stereocenters. The van der Waals surface area contributed by atoms with E-state index in [2.05, 4.69) is 27.8 Å². The third-order valence-electron chi connectivity index (χ3n) is 4.06. The van der Waals surface area contributed by atoms with E-state index in [4.69, 9.17) is 0 Å². The summed E-state index contributed by atoms with van der Waals surface area (Å²) in [7, 11) is 0. The van der Waals surface area contributed by atoms with Gasteiger partial charge in [-0.15, -0.1) is 11.3 Å². The Hall–Kier alpha value is -1.72. The predicted octanol–water partition coefficient (Wildman–Crippen LogP) is 2.71. The molecule has 2 N–H and O–H groups in total. The largest absolute Gasteiger partial charge is 0.317 e. The van der Waals surface area contributed by atoms with Crippen LogP contribution in [0, 0.1) is 6.92 Å². The van der Waals surface area contributed by atoms with Crippen LogP contribution < -0.4 is 10.6 Å². The fourth-order valence-electron chi connectivity index (χ4n) is 2.89. The summed E-state index contributed by atoms with van der Waals surface area (Å²) in [6.45, 7) is 3.71. The van der Waals surface area contributed by atoms with Crippen LogP contribution in [0.3, 0.4) is 0 Å². The number of aryl methyl sites for hydroxylation is 1. The number of rotatable bonds is 3. The van der Waals surface area contributed by atoms with Gasteiger partial charge in [-0.25, -0.2) is 4.98 Å². The maximum atomic E-state index is 12.9. The molecule has 0 aliphatic carbocycles. The summed E-state index contributed by atoms with van der Waals surface area (Å²) in [5, 5.41) is 7.04. The van der Waals surface area contributed by atoms with Crippen molar-refractivity contribution < 1.29 is 4.79 Å². The van der Waals surface area contributed by atoms with Gasteiger partial charge < -0.3 is 10.6 Å². The average molecular weight is 301 g/mol. The fourth-order valence-corrected chi connectivity index (χ4v) is 3.55. The highest BCUT2D eigenvalue weighted by atomic mass is 32.1. The molecule has 1 amide bonds. The van der Waals surface area contributed by atoms with E-state index in [9.17, 15) is 4.79 Å². The van der Waals surface area contributed by atoms with Crippen molar-refractivity contribution in [2.24, 2.45) is 0 Å². The van der Waals surface area contributed by atoms with Gasteiger partial charge in [0.25, 0.3) is 0 Å². The zero-order valence-corrected chi connectivity index (χ0v) is 12.9. The van der Waals surface area contributed by atoms with E-state index in [1.165, 1.54) is 11.3 Å². The summed E-state index contributed by atoms with van der Waals surface area (Å²) < 4.78 is 0. The number of piperidine rings is 1. The molecule has 1 fully saturated rings. The van der Waals surface area contributed by atoms with Gasteiger partial charge in [-0.05, 0) is 38.4 Å². The molecule has 3 rings (SSSR count). The minimum Gasteiger partial charge on any atom is -0.317 e. The van der Waals surface area contributed by atoms with Crippen molar-refractivity contribution in [2.45, 2.75) is 25.2 Å². The maximum absolute atomic E-state index is 12.9. The maximum Gasteiger partial charge on any atom is 0.236 e. The first-order valence-corrected chi connectivity index (χ1v) is 8.02. The SMILES string of the molecule is Cc1cnc(NC(=O)C2(c3ccccc3)CCNCC2)s1. The number of amides is 1. The van der Waals surface area contributed by atoms with E-state index >= 15 is 0 Å². The van der Waals surface area contributed by atoms with Crippen molar-refractivity contribution in [2.75, 3.05) is 18.4 Å². The molecule has 1 aromatic heterocycles. The molecule has 0 radical (unpaired) electrons. The highest BCUT2D eigenvalue weighted by Crippen LogP contribution is 2.35. The minimum absolute atomic E-state index is 0.0598. The predicted molar refractivity (Wildman–Crippen MR) is 85.7 cm³/mol. The van der Waals surface area contributed by atoms with E-state index in [0.29, 0.717) is 5.13 Å². The van der Waals surface area contributed by atoms with Gasteiger partial charge in [0.05, 0.1) is 5.41 Å². The number of benzene rings is 1. The van der Waals surface area contributed by atoms with E-state index in [0.717, 1.165) is 36.4 Å². The highest BCUT2D eigenvalue weighted by Gasteiger charge is 2.41. The number of hydrogen-bond donors (Lipinski definition) is 2. The Morgan fingerprint density at radius 2 is 2.00 bits per heavy atom. The lowest BCUT2D eigenvalue weighted by Gasteiger charge is -2.36. The normalized spacial score (nSPS) is 17.4. The molecule has 21 heavy (non-hydrogen) atoms. The second kappa shape index (κ2) is 5.95. The average Bonchev–Trinajstić information content (AvgIpc) is 2.94. The van der Waals surface area contributed by atoms with Crippen LogP contribution in [0.25, 0.3) is 0 Å². The Morgan fingerprint density at radius 1 is 1.29 bits per heavy atom. The van der Waals surface area contributed by atoms with Gasteiger partial charge in [-0.1, -0.05) is 30.3 Å². The lowest BCUT2D eigenvalue weighted by molar-refractivity contribution is -0.122. The van der Waals surface area contributed by atoms with Crippen molar-refractivity contribution in [1.29, 1.82) is 0 Å². The minimum atomic E-state index is -0.452. The number of carbonyl (C=O) groups excluding carboxylic acids is 1. The zero-order valence-electron chi connectivity index (χ0n) is 12.1. The molecular formula is C16H19N3OS. The third-order valence-corrected chi connectivity index (χ3v) is 4.89. The number of aromatic nitrogens is 1. The Kier molecular flexibility index (Phi) is 4.03. The number of anilines is 1. The third kappa shape index (κ3) is 2.84. The van der Waals surface area contributed by atoms with Crippen LogP contribution in [-0.2, 0) is 10.2 Å². The number of hydrogen-bond acceptors (Lipinski definition) is 4. The molecule has 1 aromatic carbocycles. The van der Waals surface area contributed by atoms with Crippen molar-refractivity contribution in [3.05, 3.63) is 47.0 Å². The molecule has 0 atom stereocenters. The second-order valence-electron chi connectivity index (χ2n) is 5.43. The molecule has 2 heterocycles. The van der Waals surface area contributed by atoms with Crippen LogP contribution >= 0.6 is 11.3 Å². The van der Waals surface area contributed by atoms with E-state index in [-0.39, 0.29) is 5.91 Å². The standard InChI is InChI=1S/C16H19N3OS/c1-12-11-18-15(21-12)19-14(20)16(7-9-17-10-8-16)13-5-3-2-4-6-13/h2-6,11,17H,7-10H2,1H3,(H,18,19,20). The lowest BCUT2D eigenvalue weighted by Crippen LogP contribution is -2.48. The molecule has 110 valence electrons. The Balaban J connectivity index is 1.90. The van der Waals surface area contributed by atoms with Crippen molar-refractivity contribution >= 4 is 22.4 Å². The summed E-state index contributed by atoms with van der Waals surface area (Å²) in [6, 6.07) is 10.1. The van der Waals surface area contributed by atoms with Crippen molar-refractivity contribution in [3.8, 4) is 0 Å². The van der Waals surface area contributed by atoms with Crippen molar-refractivity contribution in [1.82, 2.24) is 10.3 Å². The molecule has 1 aliphatic rings. The quantitative estimate of drug-likeness (QED) is 0.916. The second-order valence-corrected chi connectivity index (χ2v) is 6.66. The number of nitrogens with zero attached hydrogens (tertiary/aromatic N) is 1. The van der Waals surface area contributed by atoms with Gasteiger partial charge in [0.1, 0.15) is 0 Å². The Bertz CT molecular complexity index is 617. The lowest BCUT2D eigenvalue weighted by atomic mass is 9.72. The van der Waals surface area contributed by atoms with Gasteiger partial charge in [0.2, 0.25) is 5.91 Å². The highest BCUT2D eigenvalue weighted by molar-refractivity contribution is 7.15. The number of nitrogens with one attached hydrogen (secondary N) is 2. The molecule has 4 nitrogen and oxygen atoms in total. The van der Waals surface area contributed by atoms with Crippen LogP contribution in [-0.4, -0.2) is 24.0 Å². The van der Waals surface area contributed by atoms with Crippen LogP contribution in [0.5, 0.6) is 0 Å². The molecule has 0 spiro atoms. The summed E-state index contributed by atoms with van der Waals surface area (Å²) in [4.78, 5) is 18.3. The summed E-state index contributed by atoms with van der Waals surface area (Å²) in [5.41, 5.74) is 0.642. The van der Waals surface area contributed by atoms with Gasteiger partial charge >= 0.3 is 0 Å². The van der Waals surface area contributed by atoms with Crippen molar-refractivity contribution in [3.63, 3.8) is 0 Å². The van der Waals surface area contributed by atoms with Gasteiger partial charge in [0.15, 0.2) is 5.13 Å². The smallest absolute Gasteiger partial charge is 0.236 e. The molecule has 0 saturated carbocycles. The molecule has 5 heteroatoms. The van der Waals surface area contributed by atoms with E-state index in [1.807, 2.05) is 25.1 Å². The van der Waals surface area contributed by atoms with E-state index < -0.39 is 5.41 Å². The molecule has 1 saturated heterocycles. The Morgan fingerprint density at radius 3 is 2.62 bits per heavy atom. The first-order valence-electron chi connectivity index (χ1n) is 7.21. The molecule has 2 aromatic rings. The first-order chi connectivity index (χ1) is 10.2. The van der Waals surface area contributed by atoms with Crippen LogP contribution in [0.2, 0.25) is 0 Å². The van der Waals surface area contributed by atoms with Crippen LogP contribution in [0.1, 0.15) is 23.3 Å². The molecule has 0 bridgehead atoms. The number of carbonyl (C=O) groups is 1. The fraction of sp³-hybridized carbons (Fsp3) is 0.375. The topological polar surface area (TPSA) is 54.0 Å². The van der Waals surface area contributed by atoms with Crippen LogP contribution in [0.4, 0.5) is 5.13 Å². The van der Waals surface area contributed by atoms with Gasteiger partial charge in [0, 0.05) is 11.1 Å². The van der Waals surface area contributed by atoms with Crippen LogP contribution in [0.15, 0.2) is 36.5 Å². The first kappa shape index (κ1) is 14.2.